The van der Waals surface area contributed by atoms with Gasteiger partial charge in [0.05, 0.1) is 19.1 Å². The summed E-state index contributed by atoms with van der Waals surface area (Å²) >= 11 is 0. The summed E-state index contributed by atoms with van der Waals surface area (Å²) in [5, 5.41) is 8.58. The van der Waals surface area contributed by atoms with Crippen LogP contribution in [0.3, 0.4) is 0 Å². The number of nitrogens with zero attached hydrogens (tertiary/aromatic N) is 2. The largest absolute Gasteiger partial charge is 0.481 e. The van der Waals surface area contributed by atoms with Crippen LogP contribution >= 0.6 is 0 Å². The van der Waals surface area contributed by atoms with Crippen molar-refractivity contribution in [2.24, 2.45) is 5.92 Å². The van der Waals surface area contributed by atoms with Gasteiger partial charge in [-0.1, -0.05) is 6.92 Å². The fraction of sp³-hybridized carbons (Fsp3) is 0.867. The Morgan fingerprint density at radius 1 is 1.05 bits per heavy atom. The van der Waals surface area contributed by atoms with E-state index < -0.39 is 5.97 Å². The smallest absolute Gasteiger partial charge is 0.320 e. The summed E-state index contributed by atoms with van der Waals surface area (Å²) in [6.45, 7) is 5.66. The van der Waals surface area contributed by atoms with Crippen molar-refractivity contribution in [1.82, 2.24) is 9.80 Å². The maximum atomic E-state index is 12.4. The van der Waals surface area contributed by atoms with Gasteiger partial charge in [-0.3, -0.25) is 4.79 Å². The lowest BCUT2D eigenvalue weighted by atomic mass is 9.99. The minimum Gasteiger partial charge on any atom is -0.481 e. The van der Waals surface area contributed by atoms with Crippen molar-refractivity contribution in [1.29, 1.82) is 0 Å². The zero-order valence-electron chi connectivity index (χ0n) is 12.8. The van der Waals surface area contributed by atoms with E-state index in [4.69, 9.17) is 9.84 Å². The lowest BCUT2D eigenvalue weighted by Gasteiger charge is -2.38. The number of urea groups is 1. The van der Waals surface area contributed by atoms with E-state index in [2.05, 4.69) is 6.92 Å². The number of ether oxygens (including phenoxy) is 1. The zero-order valence-corrected chi connectivity index (χ0v) is 12.8. The molecule has 0 aromatic heterocycles. The fourth-order valence-electron chi connectivity index (χ4n) is 2.93. The van der Waals surface area contributed by atoms with Crippen LogP contribution in [0.25, 0.3) is 0 Å². The van der Waals surface area contributed by atoms with E-state index in [0.717, 1.165) is 44.7 Å². The summed E-state index contributed by atoms with van der Waals surface area (Å²) in [5.74, 6) is -0.107. The maximum Gasteiger partial charge on any atom is 0.320 e. The molecule has 2 fully saturated rings. The van der Waals surface area contributed by atoms with Crippen molar-refractivity contribution in [3.05, 3.63) is 0 Å². The number of hydrogen-bond donors (Lipinski definition) is 1. The first-order valence-corrected chi connectivity index (χ1v) is 7.93. The molecule has 0 radical (unpaired) electrons. The van der Waals surface area contributed by atoms with E-state index in [1.165, 1.54) is 0 Å². The number of rotatable bonds is 4. The average Bonchev–Trinajstić information content (AvgIpc) is 2.48. The van der Waals surface area contributed by atoms with Crippen molar-refractivity contribution < 1.29 is 19.4 Å². The highest BCUT2D eigenvalue weighted by Gasteiger charge is 2.28. The minimum atomic E-state index is -0.832. The molecule has 1 N–H and O–H groups in total. The van der Waals surface area contributed by atoms with Gasteiger partial charge < -0.3 is 19.6 Å². The summed E-state index contributed by atoms with van der Waals surface area (Å²) in [5.41, 5.74) is 0. The predicted octanol–water partition coefficient (Wildman–Crippen LogP) is 1.79. The second-order valence-electron chi connectivity index (χ2n) is 6.15. The first-order valence-electron chi connectivity index (χ1n) is 7.93. The van der Waals surface area contributed by atoms with Crippen LogP contribution in [0.4, 0.5) is 4.79 Å². The van der Waals surface area contributed by atoms with Crippen LogP contribution in [0.1, 0.15) is 39.0 Å². The molecule has 6 heteroatoms. The highest BCUT2D eigenvalue weighted by Crippen LogP contribution is 2.20. The van der Waals surface area contributed by atoms with Gasteiger partial charge in [0.25, 0.3) is 0 Å². The molecular formula is C15H26N2O4. The molecule has 0 spiro atoms. The van der Waals surface area contributed by atoms with Crippen molar-refractivity contribution in [2.45, 2.75) is 45.1 Å². The molecule has 0 aromatic rings. The van der Waals surface area contributed by atoms with Gasteiger partial charge in [-0.05, 0) is 31.6 Å². The molecule has 0 saturated carbocycles. The third-order valence-corrected chi connectivity index (χ3v) is 4.44. The first kappa shape index (κ1) is 16.1. The number of likely N-dealkylation sites (tertiary alicyclic amines) is 2. The molecule has 0 atom stereocenters. The van der Waals surface area contributed by atoms with Crippen molar-refractivity contribution in [3.8, 4) is 0 Å². The summed E-state index contributed by atoms with van der Waals surface area (Å²) < 4.78 is 5.55. The zero-order chi connectivity index (χ0) is 15.2. The van der Waals surface area contributed by atoms with Gasteiger partial charge in [0, 0.05) is 26.2 Å². The van der Waals surface area contributed by atoms with Crippen LogP contribution in [0, 0.1) is 5.92 Å². The standard InChI is InChI=1S/C15H26N2O4/c1-12-2-7-16(8-3-12)15(20)17-9-4-13(5-10-17)21-11-6-14(18)19/h12-13H,2-11H2,1H3,(H,18,19). The normalized spacial score (nSPS) is 21.6. The maximum absolute atomic E-state index is 12.4. The molecular weight excluding hydrogens is 272 g/mol. The predicted molar refractivity (Wildman–Crippen MR) is 78.2 cm³/mol. The molecule has 2 aliphatic rings. The van der Waals surface area contributed by atoms with Crippen LogP contribution in [0.15, 0.2) is 0 Å². The van der Waals surface area contributed by atoms with Crippen LogP contribution < -0.4 is 0 Å². The van der Waals surface area contributed by atoms with Gasteiger partial charge in [0.1, 0.15) is 0 Å². The van der Waals surface area contributed by atoms with E-state index >= 15 is 0 Å². The van der Waals surface area contributed by atoms with Gasteiger partial charge in [-0.15, -0.1) is 0 Å². The van der Waals surface area contributed by atoms with Crippen LogP contribution in [0.2, 0.25) is 0 Å². The molecule has 2 aliphatic heterocycles. The lowest BCUT2D eigenvalue weighted by molar-refractivity contribution is -0.138. The van der Waals surface area contributed by atoms with Crippen LogP contribution in [-0.4, -0.2) is 65.8 Å². The molecule has 0 bridgehead atoms. The third-order valence-electron chi connectivity index (χ3n) is 4.44. The second kappa shape index (κ2) is 7.64. The Labute approximate surface area is 126 Å². The first-order chi connectivity index (χ1) is 10.1. The van der Waals surface area contributed by atoms with E-state index in [-0.39, 0.29) is 25.2 Å². The minimum absolute atomic E-state index is 0.0467. The van der Waals surface area contributed by atoms with Crippen molar-refractivity contribution >= 4 is 12.0 Å². The number of carboxylic acid groups (broad SMARTS) is 1. The highest BCUT2D eigenvalue weighted by molar-refractivity contribution is 5.74. The van der Waals surface area contributed by atoms with E-state index in [0.29, 0.717) is 13.1 Å². The topological polar surface area (TPSA) is 70.1 Å². The monoisotopic (exact) mass is 298 g/mol. The Hall–Kier alpha value is -1.30. The molecule has 0 aliphatic carbocycles. The Kier molecular flexibility index (Phi) is 5.85. The van der Waals surface area contributed by atoms with Crippen molar-refractivity contribution in [2.75, 3.05) is 32.8 Å². The van der Waals surface area contributed by atoms with E-state index in [1.807, 2.05) is 9.80 Å². The Morgan fingerprint density at radius 3 is 2.10 bits per heavy atom. The lowest BCUT2D eigenvalue weighted by Crippen LogP contribution is -2.50. The molecule has 0 aromatic carbocycles. The molecule has 21 heavy (non-hydrogen) atoms. The van der Waals surface area contributed by atoms with E-state index in [1.54, 1.807) is 0 Å². The summed E-state index contributed by atoms with van der Waals surface area (Å²) in [7, 11) is 0. The third kappa shape index (κ3) is 4.88. The molecule has 2 saturated heterocycles. The second-order valence-corrected chi connectivity index (χ2v) is 6.15. The summed E-state index contributed by atoms with van der Waals surface area (Å²) in [4.78, 5) is 26.7. The molecule has 120 valence electrons. The Bertz CT molecular complexity index is 359. The van der Waals surface area contributed by atoms with Gasteiger partial charge in [0.2, 0.25) is 0 Å². The summed E-state index contributed by atoms with van der Waals surface area (Å²) in [6.07, 6.45) is 3.94. The molecule has 2 amide bonds. The quantitative estimate of drug-likeness (QED) is 0.859. The Balaban J connectivity index is 1.68. The average molecular weight is 298 g/mol. The summed E-state index contributed by atoms with van der Waals surface area (Å²) in [6, 6.07) is 0.158. The number of carboxylic acids is 1. The number of carbonyl (C=O) groups excluding carboxylic acids is 1. The number of piperidine rings is 2. The fourth-order valence-corrected chi connectivity index (χ4v) is 2.93. The van der Waals surface area contributed by atoms with Gasteiger partial charge in [-0.2, -0.15) is 0 Å². The van der Waals surface area contributed by atoms with E-state index in [9.17, 15) is 9.59 Å². The number of amides is 2. The SMILES string of the molecule is CC1CCN(C(=O)N2CCC(OCCC(=O)O)CC2)CC1. The highest BCUT2D eigenvalue weighted by atomic mass is 16.5. The number of aliphatic carboxylic acids is 1. The van der Waals surface area contributed by atoms with Gasteiger partial charge in [0.15, 0.2) is 0 Å². The molecule has 0 unspecified atom stereocenters. The molecule has 2 heterocycles. The Morgan fingerprint density at radius 2 is 1.57 bits per heavy atom. The van der Waals surface area contributed by atoms with Crippen LogP contribution in [-0.2, 0) is 9.53 Å². The van der Waals surface area contributed by atoms with Gasteiger partial charge >= 0.3 is 12.0 Å². The van der Waals surface area contributed by atoms with Crippen molar-refractivity contribution in [3.63, 3.8) is 0 Å². The number of hydrogen-bond acceptors (Lipinski definition) is 3. The van der Waals surface area contributed by atoms with Gasteiger partial charge in [-0.25, -0.2) is 4.79 Å². The molecule has 6 nitrogen and oxygen atoms in total. The number of carbonyl (C=O) groups is 2. The molecule has 2 rings (SSSR count). The van der Waals surface area contributed by atoms with Crippen LogP contribution in [0.5, 0.6) is 0 Å².